The minimum Gasteiger partial charge on any atom is -0.324 e. The molecule has 0 aliphatic carbocycles. The van der Waals surface area contributed by atoms with Crippen LogP contribution in [0.15, 0.2) is 24.3 Å². The van der Waals surface area contributed by atoms with Gasteiger partial charge in [-0.2, -0.15) is 0 Å². The molecule has 0 spiro atoms. The molecule has 3 heteroatoms. The fraction of sp³-hybridized carbons (Fsp3) is 0.500. The molecule has 0 amide bonds. The van der Waals surface area contributed by atoms with Gasteiger partial charge in [-0.3, -0.25) is 0 Å². The predicted molar refractivity (Wildman–Crippen MR) is 69.7 cm³/mol. The van der Waals surface area contributed by atoms with Crippen LogP contribution in [-0.4, -0.2) is 0 Å². The Morgan fingerprint density at radius 3 is 2.33 bits per heavy atom. The average molecular weight is 248 g/mol. The maximum absolute atomic E-state index is 6.06. The number of halogens is 2. The van der Waals surface area contributed by atoms with E-state index >= 15 is 0 Å². The van der Waals surface area contributed by atoms with E-state index in [9.17, 15) is 0 Å². The normalized spacial score (nSPS) is 12.3. The molecule has 0 aliphatic heterocycles. The standard InChI is InChI=1S/C12H18ClN.ClH/c1-9(2)7-8-12(14)10-5-3-4-6-11(10)13;/h3-6,9,12H,7-8,14H2,1-2H3;1H/t12-;/m0./s1. The van der Waals surface area contributed by atoms with Gasteiger partial charge in [0.2, 0.25) is 0 Å². The molecule has 0 saturated heterocycles. The van der Waals surface area contributed by atoms with Crippen LogP contribution in [0.1, 0.15) is 38.3 Å². The van der Waals surface area contributed by atoms with Gasteiger partial charge in [-0.05, 0) is 30.4 Å². The molecule has 0 heterocycles. The fourth-order valence-corrected chi connectivity index (χ4v) is 1.72. The number of nitrogens with two attached hydrogens (primary N) is 1. The van der Waals surface area contributed by atoms with E-state index in [1.807, 2.05) is 24.3 Å². The molecular formula is C12H19Cl2N. The second-order valence-corrected chi connectivity index (χ2v) is 4.51. The molecule has 0 bridgehead atoms. The van der Waals surface area contributed by atoms with Gasteiger partial charge in [0.05, 0.1) is 0 Å². The van der Waals surface area contributed by atoms with E-state index in [4.69, 9.17) is 17.3 Å². The number of benzene rings is 1. The van der Waals surface area contributed by atoms with Gasteiger partial charge in [-0.25, -0.2) is 0 Å². The lowest BCUT2D eigenvalue weighted by Gasteiger charge is -2.14. The molecule has 1 aromatic rings. The maximum atomic E-state index is 6.06. The van der Waals surface area contributed by atoms with Crippen LogP contribution in [0.3, 0.4) is 0 Å². The van der Waals surface area contributed by atoms with Crippen LogP contribution in [0, 0.1) is 5.92 Å². The van der Waals surface area contributed by atoms with Crippen molar-refractivity contribution in [1.29, 1.82) is 0 Å². The summed E-state index contributed by atoms with van der Waals surface area (Å²) in [6, 6.07) is 7.89. The Labute approximate surface area is 103 Å². The van der Waals surface area contributed by atoms with Gasteiger partial charge < -0.3 is 5.73 Å². The first kappa shape index (κ1) is 14.8. The van der Waals surface area contributed by atoms with Crippen LogP contribution in [0.4, 0.5) is 0 Å². The molecule has 0 unspecified atom stereocenters. The van der Waals surface area contributed by atoms with Crippen LogP contribution in [0.2, 0.25) is 5.02 Å². The van der Waals surface area contributed by atoms with Crippen LogP contribution in [0.5, 0.6) is 0 Å². The summed E-state index contributed by atoms with van der Waals surface area (Å²) in [5.74, 6) is 0.698. The van der Waals surface area contributed by atoms with E-state index in [2.05, 4.69) is 13.8 Å². The summed E-state index contributed by atoms with van der Waals surface area (Å²) in [7, 11) is 0. The third-order valence-corrected chi connectivity index (χ3v) is 2.70. The van der Waals surface area contributed by atoms with Crippen molar-refractivity contribution < 1.29 is 0 Å². The zero-order valence-corrected chi connectivity index (χ0v) is 10.8. The lowest BCUT2D eigenvalue weighted by atomic mass is 9.98. The van der Waals surface area contributed by atoms with Crippen molar-refractivity contribution in [2.75, 3.05) is 0 Å². The highest BCUT2D eigenvalue weighted by Crippen LogP contribution is 2.25. The fourth-order valence-electron chi connectivity index (χ4n) is 1.44. The topological polar surface area (TPSA) is 26.0 Å². The maximum Gasteiger partial charge on any atom is 0.0453 e. The van der Waals surface area contributed by atoms with Crippen LogP contribution >= 0.6 is 24.0 Å². The van der Waals surface area contributed by atoms with E-state index in [-0.39, 0.29) is 18.4 Å². The SMILES string of the molecule is CC(C)CC[C@H](N)c1ccccc1Cl.Cl. The summed E-state index contributed by atoms with van der Waals surface area (Å²) >= 11 is 6.05. The molecule has 0 aromatic heterocycles. The van der Waals surface area contributed by atoms with Crippen molar-refractivity contribution in [2.45, 2.75) is 32.7 Å². The van der Waals surface area contributed by atoms with E-state index in [0.717, 1.165) is 23.4 Å². The summed E-state index contributed by atoms with van der Waals surface area (Å²) in [4.78, 5) is 0. The van der Waals surface area contributed by atoms with E-state index in [1.165, 1.54) is 0 Å². The highest BCUT2D eigenvalue weighted by molar-refractivity contribution is 6.31. The van der Waals surface area contributed by atoms with E-state index in [0.29, 0.717) is 5.92 Å². The first-order valence-electron chi connectivity index (χ1n) is 5.11. The minimum absolute atomic E-state index is 0. The average Bonchev–Trinajstić information content (AvgIpc) is 2.15. The quantitative estimate of drug-likeness (QED) is 0.849. The Bertz CT molecular complexity index is 287. The monoisotopic (exact) mass is 247 g/mol. The minimum atomic E-state index is 0. The van der Waals surface area contributed by atoms with Gasteiger partial charge in [-0.15, -0.1) is 12.4 Å². The second-order valence-electron chi connectivity index (χ2n) is 4.10. The van der Waals surface area contributed by atoms with Crippen molar-refractivity contribution in [3.8, 4) is 0 Å². The Kier molecular flexibility index (Phi) is 6.99. The third kappa shape index (κ3) is 4.87. The van der Waals surface area contributed by atoms with Gasteiger partial charge in [0.15, 0.2) is 0 Å². The van der Waals surface area contributed by atoms with Gasteiger partial charge >= 0.3 is 0 Å². The first-order valence-corrected chi connectivity index (χ1v) is 5.49. The van der Waals surface area contributed by atoms with Gasteiger partial charge in [0.1, 0.15) is 0 Å². The van der Waals surface area contributed by atoms with Gasteiger partial charge in [0, 0.05) is 11.1 Å². The van der Waals surface area contributed by atoms with Crippen molar-refractivity contribution in [1.82, 2.24) is 0 Å². The van der Waals surface area contributed by atoms with Gasteiger partial charge in [-0.1, -0.05) is 43.6 Å². The number of rotatable bonds is 4. The highest BCUT2D eigenvalue weighted by atomic mass is 35.5. The van der Waals surface area contributed by atoms with Crippen molar-refractivity contribution >= 4 is 24.0 Å². The molecule has 0 fully saturated rings. The predicted octanol–water partition coefficient (Wildman–Crippen LogP) is 4.20. The molecule has 86 valence electrons. The van der Waals surface area contributed by atoms with E-state index < -0.39 is 0 Å². The van der Waals surface area contributed by atoms with Crippen molar-refractivity contribution in [3.63, 3.8) is 0 Å². The molecule has 2 N–H and O–H groups in total. The lowest BCUT2D eigenvalue weighted by Crippen LogP contribution is -2.11. The Balaban J connectivity index is 0.00000196. The third-order valence-electron chi connectivity index (χ3n) is 2.36. The Hall–Kier alpha value is -0.240. The van der Waals surface area contributed by atoms with Gasteiger partial charge in [0.25, 0.3) is 0 Å². The highest BCUT2D eigenvalue weighted by Gasteiger charge is 2.09. The van der Waals surface area contributed by atoms with E-state index in [1.54, 1.807) is 0 Å². The molecule has 1 atom stereocenters. The summed E-state index contributed by atoms with van der Waals surface area (Å²) in [5, 5.41) is 0.781. The van der Waals surface area contributed by atoms with Crippen LogP contribution < -0.4 is 5.73 Å². The smallest absolute Gasteiger partial charge is 0.0453 e. The largest absolute Gasteiger partial charge is 0.324 e. The summed E-state index contributed by atoms with van der Waals surface area (Å²) < 4.78 is 0. The van der Waals surface area contributed by atoms with Crippen LogP contribution in [0.25, 0.3) is 0 Å². The Morgan fingerprint density at radius 1 is 1.20 bits per heavy atom. The van der Waals surface area contributed by atoms with Crippen molar-refractivity contribution in [3.05, 3.63) is 34.9 Å². The molecule has 0 aliphatic rings. The zero-order chi connectivity index (χ0) is 10.6. The molecule has 0 radical (unpaired) electrons. The number of hydrogen-bond acceptors (Lipinski definition) is 1. The lowest BCUT2D eigenvalue weighted by molar-refractivity contribution is 0.507. The Morgan fingerprint density at radius 2 is 1.80 bits per heavy atom. The molecule has 1 rings (SSSR count). The second kappa shape index (κ2) is 7.10. The molecule has 1 nitrogen and oxygen atoms in total. The molecule has 0 saturated carbocycles. The first-order chi connectivity index (χ1) is 6.61. The molecule has 1 aromatic carbocycles. The summed E-state index contributed by atoms with van der Waals surface area (Å²) in [6.45, 7) is 4.42. The summed E-state index contributed by atoms with van der Waals surface area (Å²) in [5.41, 5.74) is 7.12. The zero-order valence-electron chi connectivity index (χ0n) is 9.24. The van der Waals surface area contributed by atoms with Crippen LogP contribution in [-0.2, 0) is 0 Å². The molecular weight excluding hydrogens is 229 g/mol. The number of hydrogen-bond donors (Lipinski definition) is 1. The summed E-state index contributed by atoms with van der Waals surface area (Å²) in [6.07, 6.45) is 2.15. The molecule has 15 heavy (non-hydrogen) atoms. The van der Waals surface area contributed by atoms with Crippen molar-refractivity contribution in [2.24, 2.45) is 11.7 Å².